The predicted molar refractivity (Wildman–Crippen MR) is 110 cm³/mol. The first-order valence-corrected chi connectivity index (χ1v) is 9.58. The number of nitrogens with two attached hydrogens (primary N) is 1. The monoisotopic (exact) mass is 433 g/mol. The number of carbonyl (C=O) groups excluding carboxylic acids is 3. The van der Waals surface area contributed by atoms with Crippen LogP contribution >= 0.6 is 0 Å². The minimum absolute atomic E-state index is 0.0431. The zero-order valence-corrected chi connectivity index (χ0v) is 17.5. The molecule has 9 heteroatoms. The first-order valence-electron chi connectivity index (χ1n) is 9.58. The fourth-order valence-corrected chi connectivity index (χ4v) is 2.91. The van der Waals surface area contributed by atoms with Crippen molar-refractivity contribution in [3.8, 4) is 5.75 Å². The Kier molecular flexibility index (Phi) is 8.21. The van der Waals surface area contributed by atoms with E-state index in [1.54, 1.807) is 24.3 Å². The van der Waals surface area contributed by atoms with Crippen LogP contribution in [0.4, 0.5) is 8.78 Å². The lowest BCUT2D eigenvalue weighted by Crippen LogP contribution is -2.52. The van der Waals surface area contributed by atoms with Crippen LogP contribution in [-0.2, 0) is 27.3 Å². The third-order valence-electron chi connectivity index (χ3n) is 4.46. The van der Waals surface area contributed by atoms with Gasteiger partial charge in [-0.25, -0.2) is 8.78 Å². The molecule has 0 heterocycles. The molecule has 0 spiro atoms. The molecule has 0 aliphatic heterocycles. The molecule has 31 heavy (non-hydrogen) atoms. The van der Waals surface area contributed by atoms with E-state index in [0.29, 0.717) is 17.4 Å². The van der Waals surface area contributed by atoms with Crippen LogP contribution in [0, 0.1) is 11.6 Å². The SMILES string of the molecule is COc1ccc(CN(C(=O)[C@H](C)N)C(=O)[C@H](C)NC(=O)Cc2cc(F)cc(F)c2)cc1. The van der Waals surface area contributed by atoms with Gasteiger partial charge in [0, 0.05) is 6.07 Å². The highest BCUT2D eigenvalue weighted by Crippen LogP contribution is 2.15. The summed E-state index contributed by atoms with van der Waals surface area (Å²) in [6.45, 7) is 2.83. The molecule has 7 nitrogen and oxygen atoms in total. The number of hydrogen-bond acceptors (Lipinski definition) is 5. The van der Waals surface area contributed by atoms with E-state index in [-0.39, 0.29) is 18.5 Å². The zero-order valence-electron chi connectivity index (χ0n) is 17.5. The molecule has 0 bridgehead atoms. The van der Waals surface area contributed by atoms with E-state index >= 15 is 0 Å². The van der Waals surface area contributed by atoms with E-state index in [2.05, 4.69) is 5.32 Å². The number of benzene rings is 2. The van der Waals surface area contributed by atoms with Gasteiger partial charge in [-0.1, -0.05) is 12.1 Å². The topological polar surface area (TPSA) is 102 Å². The smallest absolute Gasteiger partial charge is 0.251 e. The summed E-state index contributed by atoms with van der Waals surface area (Å²) < 4.78 is 31.7. The maximum absolute atomic E-state index is 13.3. The summed E-state index contributed by atoms with van der Waals surface area (Å²) in [5, 5.41) is 2.46. The second-order valence-corrected chi connectivity index (χ2v) is 7.14. The van der Waals surface area contributed by atoms with Gasteiger partial charge in [0.15, 0.2) is 0 Å². The summed E-state index contributed by atoms with van der Waals surface area (Å²) in [5.41, 5.74) is 6.47. The molecular weight excluding hydrogens is 408 g/mol. The minimum Gasteiger partial charge on any atom is -0.497 e. The van der Waals surface area contributed by atoms with Gasteiger partial charge in [0.05, 0.1) is 26.1 Å². The average molecular weight is 433 g/mol. The Bertz CT molecular complexity index is 928. The number of imide groups is 1. The van der Waals surface area contributed by atoms with Crippen molar-refractivity contribution in [2.45, 2.75) is 38.9 Å². The molecule has 2 aromatic carbocycles. The maximum Gasteiger partial charge on any atom is 0.251 e. The van der Waals surface area contributed by atoms with E-state index in [4.69, 9.17) is 10.5 Å². The standard InChI is InChI=1S/C22H25F2N3O4/c1-13(25)21(29)27(12-15-4-6-19(31-3)7-5-15)22(30)14(2)26-20(28)10-16-8-17(23)11-18(24)9-16/h4-9,11,13-14H,10,12,25H2,1-3H3,(H,26,28)/t13-,14-/m0/s1. The van der Waals surface area contributed by atoms with Gasteiger partial charge in [-0.3, -0.25) is 19.3 Å². The quantitative estimate of drug-likeness (QED) is 0.662. The minimum atomic E-state index is -1.06. The van der Waals surface area contributed by atoms with E-state index in [1.165, 1.54) is 21.0 Å². The fourth-order valence-electron chi connectivity index (χ4n) is 2.91. The molecular formula is C22H25F2N3O4. The second kappa shape index (κ2) is 10.6. The summed E-state index contributed by atoms with van der Waals surface area (Å²) in [6, 6.07) is 7.56. The van der Waals surface area contributed by atoms with Gasteiger partial charge in [-0.15, -0.1) is 0 Å². The number of carbonyl (C=O) groups is 3. The van der Waals surface area contributed by atoms with Crippen LogP contribution in [0.2, 0.25) is 0 Å². The molecule has 166 valence electrons. The molecule has 3 amide bonds. The van der Waals surface area contributed by atoms with E-state index in [9.17, 15) is 23.2 Å². The molecule has 0 radical (unpaired) electrons. The van der Waals surface area contributed by atoms with Crippen molar-refractivity contribution in [1.29, 1.82) is 0 Å². The number of nitrogens with zero attached hydrogens (tertiary/aromatic N) is 1. The van der Waals surface area contributed by atoms with Crippen molar-refractivity contribution in [2.75, 3.05) is 7.11 Å². The Morgan fingerprint density at radius 3 is 2.10 bits per heavy atom. The Morgan fingerprint density at radius 2 is 1.58 bits per heavy atom. The van der Waals surface area contributed by atoms with Crippen molar-refractivity contribution >= 4 is 17.7 Å². The number of hydrogen-bond donors (Lipinski definition) is 2. The summed E-state index contributed by atoms with van der Waals surface area (Å²) in [5.74, 6) is -2.87. The van der Waals surface area contributed by atoms with Crippen molar-refractivity contribution in [1.82, 2.24) is 10.2 Å². The van der Waals surface area contributed by atoms with Crippen LogP contribution in [0.5, 0.6) is 5.75 Å². The normalized spacial score (nSPS) is 12.6. The maximum atomic E-state index is 13.3. The number of methoxy groups -OCH3 is 1. The van der Waals surface area contributed by atoms with E-state index < -0.39 is 41.4 Å². The van der Waals surface area contributed by atoms with Crippen LogP contribution in [0.25, 0.3) is 0 Å². The lowest BCUT2D eigenvalue weighted by molar-refractivity contribution is -0.148. The van der Waals surface area contributed by atoms with Gasteiger partial charge in [0.25, 0.3) is 5.91 Å². The Labute approximate surface area is 179 Å². The summed E-state index contributed by atoms with van der Waals surface area (Å²) >= 11 is 0. The molecule has 2 aromatic rings. The van der Waals surface area contributed by atoms with Gasteiger partial charge in [0.1, 0.15) is 23.4 Å². The molecule has 0 saturated heterocycles. The van der Waals surface area contributed by atoms with Crippen molar-refractivity contribution in [2.24, 2.45) is 5.73 Å². The van der Waals surface area contributed by atoms with E-state index in [1.807, 2.05) is 0 Å². The largest absolute Gasteiger partial charge is 0.497 e. The Morgan fingerprint density at radius 1 is 1.00 bits per heavy atom. The van der Waals surface area contributed by atoms with Crippen LogP contribution in [0.15, 0.2) is 42.5 Å². The predicted octanol–water partition coefficient (Wildman–Crippen LogP) is 1.92. The molecule has 0 saturated carbocycles. The summed E-state index contributed by atoms with van der Waals surface area (Å²) in [7, 11) is 1.52. The lowest BCUT2D eigenvalue weighted by Gasteiger charge is -2.26. The molecule has 0 unspecified atom stereocenters. The highest BCUT2D eigenvalue weighted by Gasteiger charge is 2.29. The van der Waals surface area contributed by atoms with Crippen LogP contribution in [-0.4, -0.2) is 41.8 Å². The fraction of sp³-hybridized carbons (Fsp3) is 0.318. The summed E-state index contributed by atoms with van der Waals surface area (Å²) in [6.07, 6.45) is -0.327. The third kappa shape index (κ3) is 6.85. The third-order valence-corrected chi connectivity index (χ3v) is 4.46. The van der Waals surface area contributed by atoms with Gasteiger partial charge in [-0.05, 0) is 49.2 Å². The van der Waals surface area contributed by atoms with Crippen molar-refractivity contribution < 1.29 is 27.9 Å². The van der Waals surface area contributed by atoms with Crippen LogP contribution < -0.4 is 15.8 Å². The molecule has 0 aromatic heterocycles. The van der Waals surface area contributed by atoms with Crippen molar-refractivity contribution in [3.63, 3.8) is 0 Å². The van der Waals surface area contributed by atoms with Gasteiger partial charge in [0.2, 0.25) is 11.8 Å². The number of rotatable bonds is 8. The number of halogens is 2. The highest BCUT2D eigenvalue weighted by molar-refractivity contribution is 6.00. The van der Waals surface area contributed by atoms with Crippen molar-refractivity contribution in [3.05, 3.63) is 65.2 Å². The molecule has 2 atom stereocenters. The zero-order chi connectivity index (χ0) is 23.1. The van der Waals surface area contributed by atoms with Gasteiger partial charge >= 0.3 is 0 Å². The van der Waals surface area contributed by atoms with Crippen LogP contribution in [0.1, 0.15) is 25.0 Å². The number of nitrogens with one attached hydrogen (secondary N) is 1. The molecule has 0 fully saturated rings. The molecule has 3 N–H and O–H groups in total. The number of amides is 3. The molecule has 0 aliphatic carbocycles. The van der Waals surface area contributed by atoms with E-state index in [0.717, 1.165) is 17.0 Å². The van der Waals surface area contributed by atoms with Gasteiger partial charge < -0.3 is 15.8 Å². The van der Waals surface area contributed by atoms with Gasteiger partial charge in [-0.2, -0.15) is 0 Å². The number of ether oxygens (including phenoxy) is 1. The average Bonchev–Trinajstić information content (AvgIpc) is 2.70. The first-order chi connectivity index (χ1) is 14.6. The highest BCUT2D eigenvalue weighted by atomic mass is 19.1. The first kappa shape index (κ1) is 23.9. The van der Waals surface area contributed by atoms with Crippen LogP contribution in [0.3, 0.4) is 0 Å². The lowest BCUT2D eigenvalue weighted by atomic mass is 10.1. The Balaban J connectivity index is 2.10. The molecule has 0 aliphatic rings. The molecule has 2 rings (SSSR count). The summed E-state index contributed by atoms with van der Waals surface area (Å²) in [4.78, 5) is 38.7. The Hall–Kier alpha value is -3.33. The second-order valence-electron chi connectivity index (χ2n) is 7.14.